The summed E-state index contributed by atoms with van der Waals surface area (Å²) in [7, 11) is 1.64. The van der Waals surface area contributed by atoms with Gasteiger partial charge in [-0.15, -0.1) is 0 Å². The number of aryl methyl sites for hydroxylation is 1. The highest BCUT2D eigenvalue weighted by molar-refractivity contribution is 5.48. The third-order valence-electron chi connectivity index (χ3n) is 3.47. The van der Waals surface area contributed by atoms with Crippen LogP contribution in [0.15, 0.2) is 35.1 Å². The number of methoxy groups -OCH3 is 1. The normalized spacial score (nSPS) is 13.4. The Hall–Kier alpha value is -2.30. The Morgan fingerprint density at radius 1 is 1.35 bits per heavy atom. The number of aromatic nitrogens is 2. The van der Waals surface area contributed by atoms with Crippen LogP contribution in [0.25, 0.3) is 0 Å². The first-order chi connectivity index (χ1) is 9.76. The van der Waals surface area contributed by atoms with Crippen molar-refractivity contribution in [3.8, 4) is 5.75 Å². The fraction of sp³-hybridized carbons (Fsp3) is 0.333. The van der Waals surface area contributed by atoms with E-state index in [2.05, 4.69) is 10.4 Å². The van der Waals surface area contributed by atoms with Crippen LogP contribution in [0.2, 0.25) is 0 Å². The van der Waals surface area contributed by atoms with Crippen molar-refractivity contribution in [3.05, 3.63) is 51.9 Å². The predicted octanol–water partition coefficient (Wildman–Crippen LogP) is 1.66. The molecule has 0 saturated carbocycles. The van der Waals surface area contributed by atoms with Crippen LogP contribution < -0.4 is 15.6 Å². The number of nitrogens with one attached hydrogen (secondary N) is 1. The maximum Gasteiger partial charge on any atom is 0.269 e. The van der Waals surface area contributed by atoms with E-state index in [1.165, 1.54) is 4.68 Å². The second-order valence-electron chi connectivity index (χ2n) is 4.88. The first-order valence-electron chi connectivity index (χ1n) is 6.74. The van der Waals surface area contributed by atoms with E-state index in [1.54, 1.807) is 13.2 Å². The van der Waals surface area contributed by atoms with Crippen LogP contribution in [0.1, 0.15) is 17.7 Å². The number of anilines is 1. The quantitative estimate of drug-likeness (QED) is 0.922. The molecule has 2 aromatic rings. The van der Waals surface area contributed by atoms with Crippen LogP contribution in [0.5, 0.6) is 5.75 Å². The largest absolute Gasteiger partial charge is 0.497 e. The van der Waals surface area contributed by atoms with E-state index in [0.717, 1.165) is 42.1 Å². The first-order valence-corrected chi connectivity index (χ1v) is 6.74. The molecule has 0 aliphatic carbocycles. The summed E-state index contributed by atoms with van der Waals surface area (Å²) >= 11 is 0. The van der Waals surface area contributed by atoms with Crippen LogP contribution in [-0.4, -0.2) is 23.4 Å². The van der Waals surface area contributed by atoms with Gasteiger partial charge in [-0.2, -0.15) is 5.10 Å². The van der Waals surface area contributed by atoms with Gasteiger partial charge in [0.25, 0.3) is 5.56 Å². The zero-order chi connectivity index (χ0) is 13.9. The summed E-state index contributed by atoms with van der Waals surface area (Å²) in [5, 5.41) is 7.68. The van der Waals surface area contributed by atoms with Gasteiger partial charge >= 0.3 is 0 Å². The molecule has 0 atom stereocenters. The van der Waals surface area contributed by atoms with Crippen molar-refractivity contribution in [2.24, 2.45) is 0 Å². The van der Waals surface area contributed by atoms with Crippen LogP contribution >= 0.6 is 0 Å². The fourth-order valence-corrected chi connectivity index (χ4v) is 2.36. The van der Waals surface area contributed by atoms with E-state index in [1.807, 2.05) is 24.3 Å². The molecule has 0 saturated heterocycles. The predicted molar refractivity (Wildman–Crippen MR) is 77.4 cm³/mol. The third-order valence-corrected chi connectivity index (χ3v) is 3.47. The van der Waals surface area contributed by atoms with Gasteiger partial charge in [0.1, 0.15) is 5.75 Å². The van der Waals surface area contributed by atoms with Crippen LogP contribution in [0.3, 0.4) is 0 Å². The molecular formula is C15H17N3O2. The Kier molecular flexibility index (Phi) is 3.41. The van der Waals surface area contributed by atoms with Gasteiger partial charge in [-0.05, 0) is 30.5 Å². The lowest BCUT2D eigenvalue weighted by atomic mass is 10.1. The smallest absolute Gasteiger partial charge is 0.269 e. The molecule has 1 aromatic heterocycles. The summed E-state index contributed by atoms with van der Waals surface area (Å²) in [5.41, 5.74) is 2.81. The minimum atomic E-state index is -0.0750. The molecule has 1 aliphatic heterocycles. The van der Waals surface area contributed by atoms with E-state index in [0.29, 0.717) is 6.54 Å². The number of hydrogen-bond acceptors (Lipinski definition) is 4. The maximum absolute atomic E-state index is 12.1. The summed E-state index contributed by atoms with van der Waals surface area (Å²) in [6.45, 7) is 1.40. The van der Waals surface area contributed by atoms with Gasteiger partial charge in [0, 0.05) is 12.6 Å². The maximum atomic E-state index is 12.1. The van der Waals surface area contributed by atoms with Gasteiger partial charge in [0.15, 0.2) is 0 Å². The molecule has 3 rings (SSSR count). The number of fused-ring (bicyclic) bond motifs is 1. The van der Waals surface area contributed by atoms with Gasteiger partial charge < -0.3 is 10.1 Å². The molecule has 20 heavy (non-hydrogen) atoms. The molecular weight excluding hydrogens is 254 g/mol. The standard InChI is InChI=1S/C15H17N3O2/c1-20-12-6-4-11(5-7-12)10-18-15(19)9-14-13(17-18)3-2-8-16-14/h4-7,9,16H,2-3,8,10H2,1H3. The Morgan fingerprint density at radius 3 is 2.90 bits per heavy atom. The van der Waals surface area contributed by atoms with E-state index < -0.39 is 0 Å². The van der Waals surface area contributed by atoms with Gasteiger partial charge in [0.05, 0.1) is 25.0 Å². The number of hydrogen-bond donors (Lipinski definition) is 1. The molecule has 0 amide bonds. The molecule has 0 radical (unpaired) electrons. The lowest BCUT2D eigenvalue weighted by molar-refractivity contribution is 0.414. The SMILES string of the molecule is COc1ccc(Cn2nc3c(cc2=O)NCCC3)cc1. The van der Waals surface area contributed by atoms with Crippen molar-refractivity contribution < 1.29 is 4.74 Å². The van der Waals surface area contributed by atoms with Crippen molar-refractivity contribution in [2.75, 3.05) is 19.0 Å². The molecule has 0 unspecified atom stereocenters. The summed E-state index contributed by atoms with van der Waals surface area (Å²) < 4.78 is 6.65. The van der Waals surface area contributed by atoms with Gasteiger partial charge in [-0.25, -0.2) is 4.68 Å². The lowest BCUT2D eigenvalue weighted by Gasteiger charge is -2.17. The second kappa shape index (κ2) is 5.36. The van der Waals surface area contributed by atoms with Crippen molar-refractivity contribution in [2.45, 2.75) is 19.4 Å². The number of benzene rings is 1. The highest BCUT2D eigenvalue weighted by Gasteiger charge is 2.12. The third kappa shape index (κ3) is 2.52. The number of nitrogens with zero attached hydrogens (tertiary/aromatic N) is 2. The Bertz CT molecular complexity index is 662. The summed E-state index contributed by atoms with van der Waals surface area (Å²) in [5.74, 6) is 0.809. The summed E-state index contributed by atoms with van der Waals surface area (Å²) in [6.07, 6.45) is 1.98. The van der Waals surface area contributed by atoms with Crippen LogP contribution in [0.4, 0.5) is 5.69 Å². The molecule has 104 valence electrons. The highest BCUT2D eigenvalue weighted by Crippen LogP contribution is 2.17. The van der Waals surface area contributed by atoms with Gasteiger partial charge in [-0.3, -0.25) is 4.79 Å². The number of ether oxygens (including phenoxy) is 1. The topological polar surface area (TPSA) is 56.2 Å². The first kappa shape index (κ1) is 12.7. The molecule has 1 aliphatic rings. The number of rotatable bonds is 3. The molecule has 0 bridgehead atoms. The Balaban J connectivity index is 1.88. The monoisotopic (exact) mass is 271 g/mol. The van der Waals surface area contributed by atoms with Crippen molar-refractivity contribution in [3.63, 3.8) is 0 Å². The minimum Gasteiger partial charge on any atom is -0.497 e. The van der Waals surface area contributed by atoms with Gasteiger partial charge in [0.2, 0.25) is 0 Å². The molecule has 1 N–H and O–H groups in total. The minimum absolute atomic E-state index is 0.0750. The Labute approximate surface area is 117 Å². The van der Waals surface area contributed by atoms with Crippen molar-refractivity contribution in [1.82, 2.24) is 9.78 Å². The molecule has 5 heteroatoms. The molecule has 5 nitrogen and oxygen atoms in total. The highest BCUT2D eigenvalue weighted by atomic mass is 16.5. The zero-order valence-corrected chi connectivity index (χ0v) is 11.4. The average Bonchev–Trinajstić information content (AvgIpc) is 2.49. The molecule has 0 spiro atoms. The van der Waals surface area contributed by atoms with Crippen LogP contribution in [-0.2, 0) is 13.0 Å². The second-order valence-corrected chi connectivity index (χ2v) is 4.88. The van der Waals surface area contributed by atoms with Crippen molar-refractivity contribution in [1.29, 1.82) is 0 Å². The summed E-state index contributed by atoms with van der Waals surface area (Å²) in [4.78, 5) is 12.1. The van der Waals surface area contributed by atoms with Gasteiger partial charge in [-0.1, -0.05) is 12.1 Å². The fourth-order valence-electron chi connectivity index (χ4n) is 2.36. The summed E-state index contributed by atoms with van der Waals surface area (Å²) in [6, 6.07) is 9.32. The van der Waals surface area contributed by atoms with E-state index in [9.17, 15) is 4.79 Å². The van der Waals surface area contributed by atoms with Crippen molar-refractivity contribution >= 4 is 5.69 Å². The molecule has 1 aromatic carbocycles. The van der Waals surface area contributed by atoms with Crippen LogP contribution in [0, 0.1) is 0 Å². The average molecular weight is 271 g/mol. The van der Waals surface area contributed by atoms with E-state index in [-0.39, 0.29) is 5.56 Å². The van der Waals surface area contributed by atoms with E-state index >= 15 is 0 Å². The van der Waals surface area contributed by atoms with E-state index in [4.69, 9.17) is 4.74 Å². The Morgan fingerprint density at radius 2 is 2.15 bits per heavy atom. The molecule has 0 fully saturated rings. The zero-order valence-electron chi connectivity index (χ0n) is 11.4. The molecule has 2 heterocycles. The lowest BCUT2D eigenvalue weighted by Crippen LogP contribution is -2.27.